The molecule has 1 amide bonds. The van der Waals surface area contributed by atoms with Gasteiger partial charge in [0, 0.05) is 24.7 Å². The van der Waals surface area contributed by atoms with Gasteiger partial charge in [0.15, 0.2) is 0 Å². The lowest BCUT2D eigenvalue weighted by Crippen LogP contribution is -2.34. The second kappa shape index (κ2) is 6.83. The highest BCUT2D eigenvalue weighted by Gasteiger charge is 2.28. The van der Waals surface area contributed by atoms with Crippen molar-refractivity contribution in [3.63, 3.8) is 0 Å². The Balaban J connectivity index is 1.53. The number of carbonyl (C=O) groups is 1. The van der Waals surface area contributed by atoms with E-state index in [2.05, 4.69) is 20.2 Å². The van der Waals surface area contributed by atoms with Crippen molar-refractivity contribution < 1.29 is 4.79 Å². The van der Waals surface area contributed by atoms with Crippen LogP contribution in [0.3, 0.4) is 0 Å². The SMILES string of the molecule is CC(c1cc(-c2ccccc2)n[nH]1)N(C)C(=O)c1cnc(C2CC2)[nH]c1=O. The Morgan fingerprint density at radius 3 is 2.67 bits per heavy atom. The number of aromatic amines is 2. The van der Waals surface area contributed by atoms with Gasteiger partial charge in [0.2, 0.25) is 0 Å². The van der Waals surface area contributed by atoms with Crippen LogP contribution in [0.2, 0.25) is 0 Å². The molecule has 0 aliphatic heterocycles. The molecule has 4 rings (SSSR count). The molecule has 1 atom stereocenters. The maximum Gasteiger partial charge on any atom is 0.263 e. The van der Waals surface area contributed by atoms with Crippen molar-refractivity contribution in [2.45, 2.75) is 31.7 Å². The second-order valence-electron chi connectivity index (χ2n) is 6.95. The molecule has 1 saturated carbocycles. The summed E-state index contributed by atoms with van der Waals surface area (Å²) >= 11 is 0. The number of carbonyl (C=O) groups excluding carboxylic acids is 1. The highest BCUT2D eigenvalue weighted by Crippen LogP contribution is 2.37. The standard InChI is InChI=1S/C20H21N5O2/c1-12(16-10-17(24-23-16)13-6-4-3-5-7-13)25(2)20(27)15-11-21-18(14-8-9-14)22-19(15)26/h3-7,10-12,14H,8-9H2,1-2H3,(H,23,24)(H,21,22,26). The number of rotatable bonds is 5. The summed E-state index contributed by atoms with van der Waals surface area (Å²) in [5, 5.41) is 7.33. The van der Waals surface area contributed by atoms with Crippen molar-refractivity contribution in [1.82, 2.24) is 25.1 Å². The van der Waals surface area contributed by atoms with Gasteiger partial charge in [-0.1, -0.05) is 30.3 Å². The highest BCUT2D eigenvalue weighted by molar-refractivity contribution is 5.93. The molecule has 1 fully saturated rings. The molecule has 2 heterocycles. The molecule has 1 unspecified atom stereocenters. The van der Waals surface area contributed by atoms with Crippen LogP contribution < -0.4 is 5.56 Å². The van der Waals surface area contributed by atoms with Gasteiger partial charge in [-0.25, -0.2) is 4.98 Å². The number of hydrogen-bond donors (Lipinski definition) is 2. The van der Waals surface area contributed by atoms with Crippen LogP contribution in [0.15, 0.2) is 47.4 Å². The van der Waals surface area contributed by atoms with Crippen LogP contribution in [0.25, 0.3) is 11.3 Å². The maximum absolute atomic E-state index is 12.8. The van der Waals surface area contributed by atoms with E-state index in [-0.39, 0.29) is 23.1 Å². The third-order valence-electron chi connectivity index (χ3n) is 5.03. The quantitative estimate of drug-likeness (QED) is 0.729. The third-order valence-corrected chi connectivity index (χ3v) is 5.03. The van der Waals surface area contributed by atoms with Crippen molar-refractivity contribution in [1.29, 1.82) is 0 Å². The summed E-state index contributed by atoms with van der Waals surface area (Å²) in [6.45, 7) is 1.89. The zero-order valence-electron chi connectivity index (χ0n) is 15.3. The van der Waals surface area contributed by atoms with E-state index in [0.717, 1.165) is 29.8 Å². The zero-order valence-corrected chi connectivity index (χ0v) is 15.3. The largest absolute Gasteiger partial charge is 0.333 e. The van der Waals surface area contributed by atoms with E-state index in [1.54, 1.807) is 7.05 Å². The van der Waals surface area contributed by atoms with Gasteiger partial charge in [0.25, 0.3) is 11.5 Å². The minimum atomic E-state index is -0.384. The summed E-state index contributed by atoms with van der Waals surface area (Å²) < 4.78 is 0. The lowest BCUT2D eigenvalue weighted by atomic mass is 10.1. The minimum absolute atomic E-state index is 0.0524. The van der Waals surface area contributed by atoms with Crippen LogP contribution in [-0.2, 0) is 0 Å². The van der Waals surface area contributed by atoms with E-state index in [4.69, 9.17) is 0 Å². The minimum Gasteiger partial charge on any atom is -0.333 e. The van der Waals surface area contributed by atoms with Crippen LogP contribution in [0, 0.1) is 0 Å². The molecule has 2 N–H and O–H groups in total. The third kappa shape index (κ3) is 3.40. The predicted molar refractivity (Wildman–Crippen MR) is 101 cm³/mol. The number of amides is 1. The molecule has 1 aliphatic rings. The number of nitrogens with zero attached hydrogens (tertiary/aromatic N) is 3. The summed E-state index contributed by atoms with van der Waals surface area (Å²) in [5.74, 6) is 0.641. The van der Waals surface area contributed by atoms with Crippen molar-refractivity contribution in [3.05, 3.63) is 70.0 Å². The molecule has 1 aliphatic carbocycles. The summed E-state index contributed by atoms with van der Waals surface area (Å²) in [5.41, 5.74) is 2.27. The monoisotopic (exact) mass is 363 g/mol. The van der Waals surface area contributed by atoms with Crippen molar-refractivity contribution >= 4 is 5.91 Å². The summed E-state index contributed by atoms with van der Waals surface area (Å²) in [4.78, 5) is 33.6. The zero-order chi connectivity index (χ0) is 19.0. The number of nitrogens with one attached hydrogen (secondary N) is 2. The fourth-order valence-corrected chi connectivity index (χ4v) is 3.01. The number of aromatic nitrogens is 4. The van der Waals surface area contributed by atoms with Crippen LogP contribution in [0.1, 0.15) is 53.6 Å². The Morgan fingerprint density at radius 2 is 2.00 bits per heavy atom. The molecule has 0 saturated heterocycles. The van der Waals surface area contributed by atoms with E-state index < -0.39 is 0 Å². The van der Waals surface area contributed by atoms with E-state index >= 15 is 0 Å². The maximum atomic E-state index is 12.8. The van der Waals surface area contributed by atoms with Gasteiger partial charge >= 0.3 is 0 Å². The number of hydrogen-bond acceptors (Lipinski definition) is 4. The normalized spacial score (nSPS) is 14.7. The van der Waals surface area contributed by atoms with Gasteiger partial charge in [0.05, 0.1) is 17.4 Å². The first-order valence-corrected chi connectivity index (χ1v) is 9.01. The lowest BCUT2D eigenvalue weighted by Gasteiger charge is -2.23. The summed E-state index contributed by atoms with van der Waals surface area (Å²) in [7, 11) is 1.67. The van der Waals surface area contributed by atoms with Gasteiger partial charge < -0.3 is 9.88 Å². The average molecular weight is 363 g/mol. The van der Waals surface area contributed by atoms with Gasteiger partial charge in [-0.2, -0.15) is 5.10 Å². The van der Waals surface area contributed by atoms with E-state index in [1.165, 1.54) is 11.1 Å². The molecular formula is C20H21N5O2. The Kier molecular flexibility index (Phi) is 4.35. The fraction of sp³-hybridized carbons (Fsp3) is 0.300. The van der Waals surface area contributed by atoms with E-state index in [9.17, 15) is 9.59 Å². The smallest absolute Gasteiger partial charge is 0.263 e. The van der Waals surface area contributed by atoms with Gasteiger partial charge in [-0.3, -0.25) is 14.7 Å². The fourth-order valence-electron chi connectivity index (χ4n) is 3.01. The Morgan fingerprint density at radius 1 is 1.26 bits per heavy atom. The molecular weight excluding hydrogens is 342 g/mol. The Hall–Kier alpha value is -3.22. The van der Waals surface area contributed by atoms with Crippen molar-refractivity contribution in [2.75, 3.05) is 7.05 Å². The van der Waals surface area contributed by atoms with Crippen molar-refractivity contribution in [3.8, 4) is 11.3 Å². The van der Waals surface area contributed by atoms with Gasteiger partial charge in [-0.15, -0.1) is 0 Å². The average Bonchev–Trinajstić information content (AvgIpc) is 3.43. The number of H-pyrrole nitrogens is 2. The Labute approximate surface area is 156 Å². The summed E-state index contributed by atoms with van der Waals surface area (Å²) in [6, 6.07) is 11.5. The highest BCUT2D eigenvalue weighted by atomic mass is 16.2. The first-order chi connectivity index (χ1) is 13.0. The number of benzene rings is 1. The Bertz CT molecular complexity index is 1020. The van der Waals surface area contributed by atoms with Crippen LogP contribution >= 0.6 is 0 Å². The first kappa shape index (κ1) is 17.2. The first-order valence-electron chi connectivity index (χ1n) is 9.01. The van der Waals surface area contributed by atoms with E-state index in [0.29, 0.717) is 11.7 Å². The lowest BCUT2D eigenvalue weighted by molar-refractivity contribution is 0.0737. The van der Waals surface area contributed by atoms with Gasteiger partial charge in [0.1, 0.15) is 11.4 Å². The second-order valence-corrected chi connectivity index (χ2v) is 6.95. The molecule has 138 valence electrons. The van der Waals surface area contributed by atoms with Crippen LogP contribution in [0.4, 0.5) is 0 Å². The van der Waals surface area contributed by atoms with E-state index in [1.807, 2.05) is 43.3 Å². The molecule has 0 bridgehead atoms. The molecule has 0 spiro atoms. The van der Waals surface area contributed by atoms with Crippen LogP contribution in [-0.4, -0.2) is 38.0 Å². The molecule has 27 heavy (non-hydrogen) atoms. The molecule has 1 aromatic carbocycles. The molecule has 3 aromatic rings. The van der Waals surface area contributed by atoms with Crippen LogP contribution in [0.5, 0.6) is 0 Å². The summed E-state index contributed by atoms with van der Waals surface area (Å²) in [6.07, 6.45) is 3.47. The topological polar surface area (TPSA) is 94.7 Å². The molecule has 7 nitrogen and oxygen atoms in total. The molecule has 7 heteroatoms. The van der Waals surface area contributed by atoms with Gasteiger partial charge in [-0.05, 0) is 25.8 Å². The molecule has 2 aromatic heterocycles. The van der Waals surface area contributed by atoms with Crippen molar-refractivity contribution in [2.24, 2.45) is 0 Å². The predicted octanol–water partition coefficient (Wildman–Crippen LogP) is 2.87. The molecule has 0 radical (unpaired) electrons.